The molecule has 0 fully saturated rings. The first-order chi connectivity index (χ1) is 12.4. The zero-order valence-corrected chi connectivity index (χ0v) is 14.6. The Kier molecular flexibility index (Phi) is 4.85. The number of rotatable bonds is 4. The van der Waals surface area contributed by atoms with Gasteiger partial charge in [-0.25, -0.2) is 4.79 Å². The number of nitrogens with one attached hydrogen (secondary N) is 1. The van der Waals surface area contributed by atoms with Crippen LogP contribution in [0.4, 0.5) is 5.69 Å². The molecular weight excluding hydrogens is 326 g/mol. The SMILES string of the molecule is CC(=CC(=O)Nc1ccc(C)cc1C(=O)O)c1ccc2ccccc2c1. The minimum atomic E-state index is -1.07. The zero-order valence-electron chi connectivity index (χ0n) is 14.6. The number of aromatic carboxylic acids is 1. The van der Waals surface area contributed by atoms with Crippen LogP contribution in [0.2, 0.25) is 0 Å². The van der Waals surface area contributed by atoms with Crippen LogP contribution in [-0.4, -0.2) is 17.0 Å². The Labute approximate surface area is 151 Å². The summed E-state index contributed by atoms with van der Waals surface area (Å²) in [5.41, 5.74) is 2.94. The van der Waals surface area contributed by atoms with Gasteiger partial charge in [0.15, 0.2) is 0 Å². The second kappa shape index (κ2) is 7.23. The van der Waals surface area contributed by atoms with Crippen molar-refractivity contribution >= 4 is 33.9 Å². The first-order valence-corrected chi connectivity index (χ1v) is 8.26. The summed E-state index contributed by atoms with van der Waals surface area (Å²) in [7, 11) is 0. The highest BCUT2D eigenvalue weighted by Crippen LogP contribution is 2.22. The largest absolute Gasteiger partial charge is 0.478 e. The number of benzene rings is 3. The molecule has 0 saturated carbocycles. The molecule has 130 valence electrons. The van der Waals surface area contributed by atoms with Gasteiger partial charge in [-0.05, 0) is 54.0 Å². The molecule has 0 aliphatic heterocycles. The number of carboxylic acids is 1. The molecule has 0 spiro atoms. The van der Waals surface area contributed by atoms with E-state index in [9.17, 15) is 14.7 Å². The number of hydrogen-bond donors (Lipinski definition) is 2. The lowest BCUT2D eigenvalue weighted by molar-refractivity contribution is -0.111. The Bertz CT molecular complexity index is 1030. The summed E-state index contributed by atoms with van der Waals surface area (Å²) in [5, 5.41) is 14.2. The number of aryl methyl sites for hydroxylation is 1. The van der Waals surface area contributed by atoms with Gasteiger partial charge in [0, 0.05) is 6.08 Å². The van der Waals surface area contributed by atoms with Crippen molar-refractivity contribution in [2.24, 2.45) is 0 Å². The third kappa shape index (κ3) is 3.81. The molecule has 0 aliphatic rings. The highest BCUT2D eigenvalue weighted by atomic mass is 16.4. The topological polar surface area (TPSA) is 66.4 Å². The summed E-state index contributed by atoms with van der Waals surface area (Å²) in [4.78, 5) is 23.7. The van der Waals surface area contributed by atoms with Crippen molar-refractivity contribution in [3.63, 3.8) is 0 Å². The van der Waals surface area contributed by atoms with E-state index in [0.29, 0.717) is 0 Å². The van der Waals surface area contributed by atoms with E-state index in [2.05, 4.69) is 5.32 Å². The summed E-state index contributed by atoms with van der Waals surface area (Å²) < 4.78 is 0. The lowest BCUT2D eigenvalue weighted by Crippen LogP contribution is -2.12. The van der Waals surface area contributed by atoms with Crippen LogP contribution >= 0.6 is 0 Å². The van der Waals surface area contributed by atoms with Gasteiger partial charge in [-0.1, -0.05) is 48.0 Å². The summed E-state index contributed by atoms with van der Waals surface area (Å²) in [6, 6.07) is 19.0. The lowest BCUT2D eigenvalue weighted by Gasteiger charge is -2.09. The number of carboxylic acid groups (broad SMARTS) is 1. The molecule has 3 rings (SSSR count). The van der Waals surface area contributed by atoms with Crippen LogP contribution in [0.1, 0.15) is 28.4 Å². The minimum Gasteiger partial charge on any atom is -0.478 e. The van der Waals surface area contributed by atoms with Crippen LogP contribution in [0.3, 0.4) is 0 Å². The fourth-order valence-corrected chi connectivity index (χ4v) is 2.83. The van der Waals surface area contributed by atoms with E-state index in [1.54, 1.807) is 12.1 Å². The third-order valence-corrected chi connectivity index (χ3v) is 4.22. The fourth-order valence-electron chi connectivity index (χ4n) is 2.83. The molecule has 0 atom stereocenters. The molecule has 26 heavy (non-hydrogen) atoms. The summed E-state index contributed by atoms with van der Waals surface area (Å²) in [6.07, 6.45) is 1.48. The Morgan fingerprint density at radius 3 is 2.42 bits per heavy atom. The standard InChI is InChI=1S/C22H19NO3/c1-14-7-10-20(19(11-14)22(25)26)23-21(24)12-15(2)17-9-8-16-5-3-4-6-18(16)13-17/h3-13H,1-2H3,(H,23,24)(H,25,26). The Morgan fingerprint density at radius 2 is 1.69 bits per heavy atom. The van der Waals surface area contributed by atoms with Gasteiger partial charge in [-0.3, -0.25) is 4.79 Å². The quantitative estimate of drug-likeness (QED) is 0.662. The van der Waals surface area contributed by atoms with E-state index in [0.717, 1.165) is 27.5 Å². The number of fused-ring (bicyclic) bond motifs is 1. The Balaban J connectivity index is 1.85. The molecule has 0 saturated heterocycles. The first-order valence-electron chi connectivity index (χ1n) is 8.26. The molecule has 0 radical (unpaired) electrons. The molecule has 2 N–H and O–H groups in total. The Hall–Kier alpha value is -3.40. The number of anilines is 1. The van der Waals surface area contributed by atoms with E-state index < -0.39 is 5.97 Å². The van der Waals surface area contributed by atoms with Crippen molar-refractivity contribution in [2.75, 3.05) is 5.32 Å². The Morgan fingerprint density at radius 1 is 0.962 bits per heavy atom. The van der Waals surface area contributed by atoms with Crippen molar-refractivity contribution in [3.05, 3.63) is 83.4 Å². The van der Waals surface area contributed by atoms with E-state index in [1.807, 2.05) is 56.3 Å². The van der Waals surface area contributed by atoms with Gasteiger partial charge in [0.05, 0.1) is 11.3 Å². The predicted octanol–water partition coefficient (Wildman–Crippen LogP) is 4.89. The van der Waals surface area contributed by atoms with Gasteiger partial charge in [0.1, 0.15) is 0 Å². The van der Waals surface area contributed by atoms with E-state index in [4.69, 9.17) is 0 Å². The van der Waals surface area contributed by atoms with Crippen LogP contribution < -0.4 is 5.32 Å². The van der Waals surface area contributed by atoms with Gasteiger partial charge in [-0.15, -0.1) is 0 Å². The van der Waals surface area contributed by atoms with E-state index in [-0.39, 0.29) is 17.2 Å². The molecule has 1 amide bonds. The molecule has 0 aromatic heterocycles. The van der Waals surface area contributed by atoms with Crippen LogP contribution in [0.15, 0.2) is 66.7 Å². The number of allylic oxidation sites excluding steroid dienone is 1. The fraction of sp³-hybridized carbons (Fsp3) is 0.0909. The van der Waals surface area contributed by atoms with Crippen molar-refractivity contribution in [2.45, 2.75) is 13.8 Å². The lowest BCUT2D eigenvalue weighted by atomic mass is 10.0. The average molecular weight is 345 g/mol. The van der Waals surface area contributed by atoms with Gasteiger partial charge in [0.25, 0.3) is 0 Å². The molecule has 0 aliphatic carbocycles. The molecular formula is C22H19NO3. The van der Waals surface area contributed by atoms with Crippen LogP contribution in [0, 0.1) is 6.92 Å². The average Bonchev–Trinajstić information content (AvgIpc) is 2.62. The highest BCUT2D eigenvalue weighted by molar-refractivity contribution is 6.07. The van der Waals surface area contributed by atoms with Gasteiger partial charge >= 0.3 is 5.97 Å². The van der Waals surface area contributed by atoms with E-state index in [1.165, 1.54) is 12.1 Å². The van der Waals surface area contributed by atoms with Crippen molar-refractivity contribution in [3.8, 4) is 0 Å². The maximum absolute atomic E-state index is 12.3. The third-order valence-electron chi connectivity index (χ3n) is 4.22. The highest BCUT2D eigenvalue weighted by Gasteiger charge is 2.12. The van der Waals surface area contributed by atoms with Gasteiger partial charge < -0.3 is 10.4 Å². The molecule has 3 aromatic rings. The van der Waals surface area contributed by atoms with Gasteiger partial charge in [0.2, 0.25) is 5.91 Å². The number of carbonyl (C=O) groups excluding carboxylic acids is 1. The maximum Gasteiger partial charge on any atom is 0.337 e. The minimum absolute atomic E-state index is 0.0788. The summed E-state index contributed by atoms with van der Waals surface area (Å²) in [6.45, 7) is 3.67. The smallest absolute Gasteiger partial charge is 0.337 e. The van der Waals surface area contributed by atoms with Crippen LogP contribution in [-0.2, 0) is 4.79 Å². The molecule has 4 heteroatoms. The van der Waals surface area contributed by atoms with Crippen molar-refractivity contribution in [1.82, 2.24) is 0 Å². The second-order valence-electron chi connectivity index (χ2n) is 6.23. The first kappa shape index (κ1) is 17.4. The van der Waals surface area contributed by atoms with Crippen LogP contribution in [0.25, 0.3) is 16.3 Å². The van der Waals surface area contributed by atoms with Crippen molar-refractivity contribution in [1.29, 1.82) is 0 Å². The zero-order chi connectivity index (χ0) is 18.7. The monoisotopic (exact) mass is 345 g/mol. The van der Waals surface area contributed by atoms with Crippen molar-refractivity contribution < 1.29 is 14.7 Å². The van der Waals surface area contributed by atoms with Gasteiger partial charge in [-0.2, -0.15) is 0 Å². The number of amides is 1. The molecule has 3 aromatic carbocycles. The van der Waals surface area contributed by atoms with E-state index >= 15 is 0 Å². The maximum atomic E-state index is 12.3. The molecule has 0 unspecified atom stereocenters. The second-order valence-corrected chi connectivity index (χ2v) is 6.23. The molecule has 4 nitrogen and oxygen atoms in total. The van der Waals surface area contributed by atoms with Crippen LogP contribution in [0.5, 0.6) is 0 Å². The number of carbonyl (C=O) groups is 2. The summed E-state index contributed by atoms with van der Waals surface area (Å²) >= 11 is 0. The molecule has 0 bridgehead atoms. The number of hydrogen-bond acceptors (Lipinski definition) is 2. The summed E-state index contributed by atoms with van der Waals surface area (Å²) in [5.74, 6) is -1.43. The molecule has 0 heterocycles. The normalized spacial score (nSPS) is 11.4. The predicted molar refractivity (Wildman–Crippen MR) is 104 cm³/mol.